The zero-order valence-electron chi connectivity index (χ0n) is 20.3. The lowest BCUT2D eigenvalue weighted by Gasteiger charge is -2.16. The van der Waals surface area contributed by atoms with E-state index >= 15 is 0 Å². The van der Waals surface area contributed by atoms with Crippen LogP contribution in [-0.4, -0.2) is 33.3 Å². The maximum Gasteiger partial charge on any atom is 0.573 e. The summed E-state index contributed by atoms with van der Waals surface area (Å²) in [7, 11) is 0. The molecule has 1 atom stereocenters. The quantitative estimate of drug-likeness (QED) is 0.238. The van der Waals surface area contributed by atoms with Gasteiger partial charge in [-0.15, -0.1) is 24.5 Å². The van der Waals surface area contributed by atoms with Crippen molar-refractivity contribution in [3.63, 3.8) is 0 Å². The number of hydrogen-bond donors (Lipinski definition) is 2. The van der Waals surface area contributed by atoms with E-state index in [9.17, 15) is 41.0 Å². The van der Waals surface area contributed by atoms with E-state index in [1.165, 1.54) is 18.2 Å². The van der Waals surface area contributed by atoms with Crippen molar-refractivity contribution in [1.29, 1.82) is 0 Å². The van der Waals surface area contributed by atoms with Crippen molar-refractivity contribution in [2.45, 2.75) is 45.1 Å². The van der Waals surface area contributed by atoms with Crippen LogP contribution in [0.1, 0.15) is 18.1 Å². The van der Waals surface area contributed by atoms with Gasteiger partial charge in [0.25, 0.3) is 5.56 Å². The summed E-state index contributed by atoms with van der Waals surface area (Å²) in [5.41, 5.74) is -0.764. The molecule has 0 saturated heterocycles. The number of alkyl halides is 6. The molecule has 2 aromatic heterocycles. The van der Waals surface area contributed by atoms with Crippen molar-refractivity contribution < 1.29 is 40.9 Å². The molecule has 0 amide bonds. The summed E-state index contributed by atoms with van der Waals surface area (Å²) >= 11 is 6.91. The van der Waals surface area contributed by atoms with E-state index in [4.69, 9.17) is 16.3 Å². The predicted molar refractivity (Wildman–Crippen MR) is 136 cm³/mol. The first-order valence-electron chi connectivity index (χ1n) is 11.5. The number of benzene rings is 2. The van der Waals surface area contributed by atoms with Gasteiger partial charge in [0.05, 0.1) is 12.1 Å². The molecule has 0 fully saturated rings. The van der Waals surface area contributed by atoms with Crippen molar-refractivity contribution in [3.05, 3.63) is 79.5 Å². The van der Waals surface area contributed by atoms with E-state index in [-0.39, 0.29) is 33.0 Å². The highest BCUT2D eigenvalue weighted by Crippen LogP contribution is 2.39. The Hall–Kier alpha value is -3.49. The number of aryl methyl sites for hydroxylation is 1. The zero-order valence-corrected chi connectivity index (χ0v) is 21.9. The number of nitrogens with one attached hydrogen (secondary N) is 1. The zero-order chi connectivity index (χ0) is 29.4. The van der Waals surface area contributed by atoms with Gasteiger partial charge in [-0.1, -0.05) is 30.7 Å². The van der Waals surface area contributed by atoms with Crippen LogP contribution >= 0.6 is 22.9 Å². The molecular formula is C25H19ClF6N2O5S. The van der Waals surface area contributed by atoms with Crippen LogP contribution in [0.4, 0.5) is 26.3 Å². The number of fused-ring (bicyclic) bond motifs is 1. The molecule has 1 unspecified atom stereocenters. The second-order valence-corrected chi connectivity index (χ2v) is 9.99. The summed E-state index contributed by atoms with van der Waals surface area (Å²) in [4.78, 5) is 26.6. The molecule has 214 valence electrons. The molecule has 2 aromatic carbocycles. The van der Waals surface area contributed by atoms with Gasteiger partial charge in [-0.3, -0.25) is 14.3 Å². The highest BCUT2D eigenvalue weighted by atomic mass is 35.5. The van der Waals surface area contributed by atoms with Gasteiger partial charge in [-0.2, -0.15) is 13.2 Å². The SMILES string of the molecule is CCc1ccc(COc2ccc(-c3cc4c(s3)c(=O)[nH]c(=O)n4CC(O)C(F)(F)F)cc2OC(F)(F)F)cc1Cl. The minimum atomic E-state index is -5.09. The predicted octanol–water partition coefficient (Wildman–Crippen LogP) is 6.03. The number of aliphatic hydroxyl groups excluding tert-OH is 1. The average molecular weight is 609 g/mol. The molecule has 4 rings (SSSR count). The van der Waals surface area contributed by atoms with Crippen LogP contribution in [0.3, 0.4) is 0 Å². The lowest BCUT2D eigenvalue weighted by atomic mass is 10.1. The molecule has 2 heterocycles. The fourth-order valence-corrected chi connectivity index (χ4v) is 5.18. The highest BCUT2D eigenvalue weighted by Gasteiger charge is 2.39. The van der Waals surface area contributed by atoms with Gasteiger partial charge in [0.1, 0.15) is 11.3 Å². The largest absolute Gasteiger partial charge is 0.573 e. The van der Waals surface area contributed by atoms with Crippen LogP contribution in [-0.2, 0) is 19.6 Å². The summed E-state index contributed by atoms with van der Waals surface area (Å²) in [5.74, 6) is -0.974. The van der Waals surface area contributed by atoms with Crippen LogP contribution < -0.4 is 20.7 Å². The number of aromatic nitrogens is 2. The third kappa shape index (κ3) is 6.62. The van der Waals surface area contributed by atoms with Crippen molar-refractivity contribution in [1.82, 2.24) is 9.55 Å². The molecule has 7 nitrogen and oxygen atoms in total. The summed E-state index contributed by atoms with van der Waals surface area (Å²) in [5, 5.41) is 9.93. The molecule has 15 heteroatoms. The van der Waals surface area contributed by atoms with Crippen LogP contribution in [0.15, 0.2) is 52.1 Å². The average Bonchev–Trinajstić information content (AvgIpc) is 3.30. The first kappa shape index (κ1) is 29.5. The highest BCUT2D eigenvalue weighted by molar-refractivity contribution is 7.22. The van der Waals surface area contributed by atoms with Crippen molar-refractivity contribution >= 4 is 33.2 Å². The Balaban J connectivity index is 1.72. The van der Waals surface area contributed by atoms with Crippen LogP contribution in [0.25, 0.3) is 20.7 Å². The monoisotopic (exact) mass is 608 g/mol. The number of aliphatic hydroxyl groups is 1. The number of rotatable bonds is 8. The molecule has 0 radical (unpaired) electrons. The Morgan fingerprint density at radius 1 is 1.05 bits per heavy atom. The molecule has 0 spiro atoms. The van der Waals surface area contributed by atoms with E-state index in [1.54, 1.807) is 18.2 Å². The second kappa shape index (κ2) is 11.2. The van der Waals surface area contributed by atoms with Crippen LogP contribution in [0.2, 0.25) is 5.02 Å². The summed E-state index contributed by atoms with van der Waals surface area (Å²) in [6, 6.07) is 9.83. The summed E-state index contributed by atoms with van der Waals surface area (Å²) in [6.45, 7) is 0.574. The molecule has 0 aliphatic carbocycles. The molecule has 2 N–H and O–H groups in total. The van der Waals surface area contributed by atoms with Crippen LogP contribution in [0.5, 0.6) is 11.5 Å². The molecule has 0 bridgehead atoms. The maximum atomic E-state index is 13.2. The standard InChI is InChI=1S/C25H19ClF6N2O5S/c1-2-13-4-3-12(7-15(13)26)11-38-17-6-5-14(8-18(17)39-25(30,31)32)19-9-16-21(40-19)22(36)33-23(37)34(16)10-20(35)24(27,28)29/h3-9,20,35H,2,10-11H2,1H3,(H,33,36,37). The summed E-state index contributed by atoms with van der Waals surface area (Å²) in [6.07, 6.45) is -12.3. The van der Waals surface area contributed by atoms with Gasteiger partial charge in [0, 0.05) is 9.90 Å². The van der Waals surface area contributed by atoms with Crippen LogP contribution in [0, 0.1) is 0 Å². The smallest absolute Gasteiger partial charge is 0.485 e. The van der Waals surface area contributed by atoms with E-state index in [1.807, 2.05) is 11.9 Å². The Kier molecular flexibility index (Phi) is 8.24. The first-order valence-corrected chi connectivity index (χ1v) is 12.7. The second-order valence-electron chi connectivity index (χ2n) is 8.53. The van der Waals surface area contributed by atoms with E-state index in [2.05, 4.69) is 4.74 Å². The number of thiophene rings is 1. The normalized spacial score (nSPS) is 13.0. The fourth-order valence-electron chi connectivity index (χ4n) is 3.79. The Morgan fingerprint density at radius 3 is 2.40 bits per heavy atom. The number of H-pyrrole nitrogens is 1. The van der Waals surface area contributed by atoms with Crippen molar-refractivity contribution in [3.8, 4) is 21.9 Å². The third-order valence-corrected chi connectivity index (χ3v) is 7.28. The fraction of sp³-hybridized carbons (Fsp3) is 0.280. The Morgan fingerprint density at radius 2 is 1.77 bits per heavy atom. The topological polar surface area (TPSA) is 93.6 Å². The van der Waals surface area contributed by atoms with Crippen molar-refractivity contribution in [2.24, 2.45) is 0 Å². The molecule has 0 aliphatic heterocycles. The van der Waals surface area contributed by atoms with Crippen molar-refractivity contribution in [2.75, 3.05) is 0 Å². The van der Waals surface area contributed by atoms with Gasteiger partial charge in [-0.05, 0) is 53.4 Å². The molecule has 4 aromatic rings. The molecule has 40 heavy (non-hydrogen) atoms. The number of ether oxygens (including phenoxy) is 2. The van der Waals surface area contributed by atoms with Gasteiger partial charge < -0.3 is 14.6 Å². The Labute approximate surface area is 230 Å². The lowest BCUT2D eigenvalue weighted by molar-refractivity contribution is -0.275. The van der Waals surface area contributed by atoms with Gasteiger partial charge in [0.2, 0.25) is 0 Å². The number of aromatic amines is 1. The van der Waals surface area contributed by atoms with Gasteiger partial charge in [0.15, 0.2) is 17.6 Å². The van der Waals surface area contributed by atoms with E-state index in [0.717, 1.165) is 23.0 Å². The Bertz CT molecular complexity index is 1660. The summed E-state index contributed by atoms with van der Waals surface area (Å²) < 4.78 is 88.4. The van der Waals surface area contributed by atoms with Gasteiger partial charge in [-0.25, -0.2) is 4.79 Å². The van der Waals surface area contributed by atoms with E-state index < -0.39 is 42.2 Å². The number of nitrogens with zero attached hydrogens (tertiary/aromatic N) is 1. The molecular weight excluding hydrogens is 590 g/mol. The molecule has 0 aliphatic rings. The number of halogens is 7. The minimum absolute atomic E-state index is 0.0953. The maximum absolute atomic E-state index is 13.2. The molecule has 0 saturated carbocycles. The van der Waals surface area contributed by atoms with Gasteiger partial charge >= 0.3 is 18.2 Å². The third-order valence-electron chi connectivity index (χ3n) is 5.76. The number of hydrogen-bond acceptors (Lipinski definition) is 6. The lowest BCUT2D eigenvalue weighted by Crippen LogP contribution is -2.38. The minimum Gasteiger partial charge on any atom is -0.485 e. The first-order chi connectivity index (χ1) is 18.7. The van der Waals surface area contributed by atoms with E-state index in [0.29, 0.717) is 21.6 Å².